The van der Waals surface area contributed by atoms with Crippen LogP contribution in [0.5, 0.6) is 0 Å². The minimum atomic E-state index is 0.0174. The molecule has 0 bridgehead atoms. The third kappa shape index (κ3) is 2.62. The van der Waals surface area contributed by atoms with E-state index in [0.717, 1.165) is 54.5 Å². The highest BCUT2D eigenvalue weighted by Gasteiger charge is 2.31. The number of hydrogen-bond acceptors (Lipinski definition) is 5. The van der Waals surface area contributed by atoms with Crippen LogP contribution in [0.15, 0.2) is 35.0 Å². The van der Waals surface area contributed by atoms with Crippen molar-refractivity contribution in [2.75, 3.05) is 18.0 Å². The number of carbonyl (C=O) groups is 1. The number of nitrogens with zero attached hydrogens (tertiary/aromatic N) is 3. The van der Waals surface area contributed by atoms with Crippen LogP contribution in [0, 0.1) is 5.92 Å². The molecule has 1 saturated heterocycles. The lowest BCUT2D eigenvalue weighted by Gasteiger charge is -2.32. The van der Waals surface area contributed by atoms with Gasteiger partial charge in [-0.3, -0.25) is 4.79 Å². The van der Waals surface area contributed by atoms with Gasteiger partial charge < -0.3 is 14.6 Å². The quantitative estimate of drug-likeness (QED) is 0.796. The SMILES string of the molecule is O=C(NC1CC1)[C@@H]1CCCN(c2ncnc3c2oc2ccccc23)C1. The number of anilines is 1. The van der Waals surface area contributed by atoms with Gasteiger partial charge in [0.15, 0.2) is 11.4 Å². The molecule has 2 fully saturated rings. The fraction of sp³-hybridized carbons (Fsp3) is 0.421. The second kappa shape index (κ2) is 5.72. The van der Waals surface area contributed by atoms with Crippen molar-refractivity contribution >= 4 is 33.8 Å². The molecule has 0 unspecified atom stereocenters. The van der Waals surface area contributed by atoms with E-state index < -0.39 is 0 Å². The van der Waals surface area contributed by atoms with Crippen LogP contribution in [0.25, 0.3) is 22.1 Å². The summed E-state index contributed by atoms with van der Waals surface area (Å²) in [6.07, 6.45) is 5.74. The van der Waals surface area contributed by atoms with Crippen LogP contribution in [0.2, 0.25) is 0 Å². The van der Waals surface area contributed by atoms with Crippen LogP contribution >= 0.6 is 0 Å². The Morgan fingerprint density at radius 2 is 2.08 bits per heavy atom. The Labute approximate surface area is 145 Å². The van der Waals surface area contributed by atoms with Crippen molar-refractivity contribution in [3.63, 3.8) is 0 Å². The van der Waals surface area contributed by atoms with Crippen LogP contribution in [0.1, 0.15) is 25.7 Å². The molecule has 2 aromatic heterocycles. The summed E-state index contributed by atoms with van der Waals surface area (Å²) in [7, 11) is 0. The molecule has 1 amide bonds. The minimum Gasteiger partial charge on any atom is -0.450 e. The molecule has 1 aliphatic carbocycles. The van der Waals surface area contributed by atoms with E-state index in [9.17, 15) is 4.79 Å². The molecule has 3 aromatic rings. The predicted molar refractivity (Wildman–Crippen MR) is 95.4 cm³/mol. The van der Waals surface area contributed by atoms with Gasteiger partial charge in [0.25, 0.3) is 0 Å². The zero-order chi connectivity index (χ0) is 16.8. The van der Waals surface area contributed by atoms with Crippen molar-refractivity contribution in [3.8, 4) is 0 Å². The molecule has 1 aromatic carbocycles. The smallest absolute Gasteiger partial charge is 0.225 e. The lowest BCUT2D eigenvalue weighted by molar-refractivity contribution is -0.125. The average molecular weight is 336 g/mol. The summed E-state index contributed by atoms with van der Waals surface area (Å²) >= 11 is 0. The van der Waals surface area contributed by atoms with Crippen molar-refractivity contribution in [3.05, 3.63) is 30.6 Å². The van der Waals surface area contributed by atoms with Crippen molar-refractivity contribution in [2.24, 2.45) is 5.92 Å². The van der Waals surface area contributed by atoms with E-state index in [-0.39, 0.29) is 11.8 Å². The van der Waals surface area contributed by atoms with Gasteiger partial charge in [-0.15, -0.1) is 0 Å². The van der Waals surface area contributed by atoms with Gasteiger partial charge in [0.05, 0.1) is 5.92 Å². The highest BCUT2D eigenvalue weighted by atomic mass is 16.3. The molecule has 0 spiro atoms. The number of aromatic nitrogens is 2. The number of furan rings is 1. The third-order valence-corrected chi connectivity index (χ3v) is 5.15. The van der Waals surface area contributed by atoms with Crippen molar-refractivity contribution in [1.29, 1.82) is 0 Å². The van der Waals surface area contributed by atoms with E-state index in [2.05, 4.69) is 20.2 Å². The maximum Gasteiger partial charge on any atom is 0.225 e. The molecule has 25 heavy (non-hydrogen) atoms. The Kier molecular flexibility index (Phi) is 3.36. The van der Waals surface area contributed by atoms with Crippen LogP contribution in [-0.4, -0.2) is 35.0 Å². The Bertz CT molecular complexity index is 947. The second-order valence-electron chi connectivity index (χ2n) is 7.04. The number of carbonyl (C=O) groups excluding carboxylic acids is 1. The normalized spacial score (nSPS) is 21.0. The van der Waals surface area contributed by atoms with Crippen LogP contribution < -0.4 is 10.2 Å². The summed E-state index contributed by atoms with van der Waals surface area (Å²) in [5.74, 6) is 0.996. The van der Waals surface area contributed by atoms with E-state index in [1.807, 2.05) is 24.3 Å². The number of piperidine rings is 1. The fourth-order valence-electron chi connectivity index (χ4n) is 3.67. The molecular weight excluding hydrogens is 316 g/mol. The summed E-state index contributed by atoms with van der Waals surface area (Å²) in [5, 5.41) is 4.13. The minimum absolute atomic E-state index is 0.0174. The zero-order valence-electron chi connectivity index (χ0n) is 13.9. The maximum atomic E-state index is 12.4. The Hall–Kier alpha value is -2.63. The molecule has 2 aliphatic rings. The van der Waals surface area contributed by atoms with Gasteiger partial charge in [-0.1, -0.05) is 12.1 Å². The molecule has 1 N–H and O–H groups in total. The highest BCUT2D eigenvalue weighted by molar-refractivity contribution is 6.05. The number of amides is 1. The molecule has 3 heterocycles. The van der Waals surface area contributed by atoms with Crippen LogP contribution in [0.4, 0.5) is 5.82 Å². The lowest BCUT2D eigenvalue weighted by atomic mass is 9.97. The molecule has 5 rings (SSSR count). The molecule has 6 nitrogen and oxygen atoms in total. The third-order valence-electron chi connectivity index (χ3n) is 5.15. The number of nitrogens with one attached hydrogen (secondary N) is 1. The summed E-state index contributed by atoms with van der Waals surface area (Å²) in [4.78, 5) is 23.5. The zero-order valence-corrected chi connectivity index (χ0v) is 13.9. The molecule has 1 aliphatic heterocycles. The summed E-state index contributed by atoms with van der Waals surface area (Å²) in [5.41, 5.74) is 2.37. The molecular formula is C19H20N4O2. The Morgan fingerprint density at radius 3 is 2.96 bits per heavy atom. The van der Waals surface area contributed by atoms with E-state index in [1.165, 1.54) is 0 Å². The van der Waals surface area contributed by atoms with Gasteiger partial charge in [0.2, 0.25) is 5.91 Å². The monoisotopic (exact) mass is 336 g/mol. The molecule has 0 radical (unpaired) electrons. The average Bonchev–Trinajstić information content (AvgIpc) is 3.38. The van der Waals surface area contributed by atoms with Gasteiger partial charge in [0, 0.05) is 24.5 Å². The molecule has 1 saturated carbocycles. The summed E-state index contributed by atoms with van der Waals surface area (Å²) in [6.45, 7) is 1.57. The Morgan fingerprint density at radius 1 is 1.20 bits per heavy atom. The Balaban J connectivity index is 1.48. The summed E-state index contributed by atoms with van der Waals surface area (Å²) in [6, 6.07) is 8.31. The van der Waals surface area contributed by atoms with Crippen molar-refractivity contribution in [1.82, 2.24) is 15.3 Å². The van der Waals surface area contributed by atoms with Gasteiger partial charge in [-0.05, 0) is 37.8 Å². The van der Waals surface area contributed by atoms with E-state index in [1.54, 1.807) is 6.33 Å². The van der Waals surface area contributed by atoms with E-state index >= 15 is 0 Å². The highest BCUT2D eigenvalue weighted by Crippen LogP contribution is 2.34. The summed E-state index contributed by atoms with van der Waals surface area (Å²) < 4.78 is 6.04. The predicted octanol–water partition coefficient (Wildman–Crippen LogP) is 2.87. The second-order valence-corrected chi connectivity index (χ2v) is 7.04. The van der Waals surface area contributed by atoms with E-state index in [0.29, 0.717) is 18.2 Å². The largest absolute Gasteiger partial charge is 0.450 e. The first-order chi connectivity index (χ1) is 12.3. The van der Waals surface area contributed by atoms with E-state index in [4.69, 9.17) is 4.42 Å². The van der Waals surface area contributed by atoms with Gasteiger partial charge in [-0.25, -0.2) is 9.97 Å². The van der Waals surface area contributed by atoms with Crippen molar-refractivity contribution in [2.45, 2.75) is 31.7 Å². The number of hydrogen-bond donors (Lipinski definition) is 1. The first-order valence-electron chi connectivity index (χ1n) is 8.97. The topological polar surface area (TPSA) is 71.3 Å². The van der Waals surface area contributed by atoms with Crippen molar-refractivity contribution < 1.29 is 9.21 Å². The standard InChI is InChI=1S/C19H20N4O2/c24-19(22-13-7-8-13)12-4-3-9-23(10-12)18-17-16(20-11-21-18)14-5-1-2-6-15(14)25-17/h1-2,5-6,11-13H,3-4,7-10H2,(H,22,24)/t12-/m1/s1. The van der Waals surface area contributed by atoms with Gasteiger partial charge >= 0.3 is 0 Å². The molecule has 6 heteroatoms. The van der Waals surface area contributed by atoms with Crippen LogP contribution in [-0.2, 0) is 4.79 Å². The first-order valence-corrected chi connectivity index (χ1v) is 8.97. The van der Waals surface area contributed by atoms with Gasteiger partial charge in [0.1, 0.15) is 17.4 Å². The molecule has 1 atom stereocenters. The molecule has 128 valence electrons. The number of benzene rings is 1. The van der Waals surface area contributed by atoms with Crippen LogP contribution in [0.3, 0.4) is 0 Å². The number of rotatable bonds is 3. The van der Waals surface area contributed by atoms with Gasteiger partial charge in [-0.2, -0.15) is 0 Å². The fourth-order valence-corrected chi connectivity index (χ4v) is 3.67. The lowest BCUT2D eigenvalue weighted by Crippen LogP contribution is -2.44. The number of para-hydroxylation sites is 1. The first kappa shape index (κ1) is 14.7. The number of fused-ring (bicyclic) bond motifs is 3. The maximum absolute atomic E-state index is 12.4.